The summed E-state index contributed by atoms with van der Waals surface area (Å²) in [6, 6.07) is 20.1. The highest BCUT2D eigenvalue weighted by molar-refractivity contribution is 5.34. The van der Waals surface area contributed by atoms with Crippen LogP contribution in [0.1, 0.15) is 17.0 Å². The lowest BCUT2D eigenvalue weighted by Gasteiger charge is -2.21. The van der Waals surface area contributed by atoms with E-state index in [2.05, 4.69) is 4.74 Å². The summed E-state index contributed by atoms with van der Waals surface area (Å²) in [6.07, 6.45) is -9.14. The van der Waals surface area contributed by atoms with Gasteiger partial charge in [-0.05, 0) is 47.5 Å². The molecule has 0 heterocycles. The van der Waals surface area contributed by atoms with Gasteiger partial charge in [0.15, 0.2) is 6.61 Å². The number of hydrogen-bond donors (Lipinski definition) is 0. The number of para-hydroxylation sites is 1. The van der Waals surface area contributed by atoms with Crippen LogP contribution in [0.4, 0.5) is 26.3 Å². The maximum Gasteiger partial charge on any atom is 0.422 e. The second-order valence-corrected chi connectivity index (χ2v) is 7.14. The van der Waals surface area contributed by atoms with Crippen molar-refractivity contribution in [2.75, 3.05) is 13.2 Å². The Bertz CT molecular complexity index is 1000. The molecule has 0 bridgehead atoms. The van der Waals surface area contributed by atoms with E-state index in [4.69, 9.17) is 9.47 Å². The van der Waals surface area contributed by atoms with E-state index in [1.807, 2.05) is 18.2 Å². The molecule has 0 radical (unpaired) electrons. The van der Waals surface area contributed by atoms with Crippen molar-refractivity contribution >= 4 is 0 Å². The molecule has 0 saturated carbocycles. The molecule has 3 aromatic rings. The number of benzene rings is 3. The van der Waals surface area contributed by atoms with Crippen molar-refractivity contribution in [1.82, 2.24) is 0 Å². The lowest BCUT2D eigenvalue weighted by atomic mass is 9.99. The Morgan fingerprint density at radius 1 is 0.697 bits per heavy atom. The van der Waals surface area contributed by atoms with E-state index in [-0.39, 0.29) is 17.9 Å². The van der Waals surface area contributed by atoms with E-state index in [9.17, 15) is 26.3 Å². The van der Waals surface area contributed by atoms with Crippen molar-refractivity contribution in [3.63, 3.8) is 0 Å². The highest BCUT2D eigenvalue weighted by Crippen LogP contribution is 2.36. The summed E-state index contributed by atoms with van der Waals surface area (Å²) in [4.78, 5) is 0. The van der Waals surface area contributed by atoms with Crippen molar-refractivity contribution in [3.05, 3.63) is 90.0 Å². The number of alkyl halides is 6. The number of hydrogen-bond acceptors (Lipinski definition) is 3. The highest BCUT2D eigenvalue weighted by atomic mass is 19.4. The van der Waals surface area contributed by atoms with Crippen LogP contribution in [-0.2, 0) is 11.3 Å². The van der Waals surface area contributed by atoms with Gasteiger partial charge in [-0.1, -0.05) is 42.5 Å². The van der Waals surface area contributed by atoms with E-state index in [0.29, 0.717) is 17.1 Å². The summed E-state index contributed by atoms with van der Waals surface area (Å²) in [7, 11) is 0. The van der Waals surface area contributed by atoms with Crippen LogP contribution < -0.4 is 9.47 Å². The molecular formula is C24H20F6O3. The van der Waals surface area contributed by atoms with E-state index in [0.717, 1.165) is 24.3 Å². The molecule has 0 aromatic heterocycles. The molecule has 1 atom stereocenters. The van der Waals surface area contributed by atoms with Crippen molar-refractivity contribution in [1.29, 1.82) is 0 Å². The smallest absolute Gasteiger partial charge is 0.422 e. The van der Waals surface area contributed by atoms with E-state index < -0.39 is 31.5 Å². The van der Waals surface area contributed by atoms with E-state index in [1.54, 1.807) is 36.4 Å². The molecule has 0 amide bonds. The maximum absolute atomic E-state index is 13.6. The van der Waals surface area contributed by atoms with Gasteiger partial charge in [0.05, 0.1) is 13.2 Å². The highest BCUT2D eigenvalue weighted by Gasteiger charge is 2.41. The zero-order valence-corrected chi connectivity index (χ0v) is 17.2. The Morgan fingerprint density at radius 3 is 2.00 bits per heavy atom. The van der Waals surface area contributed by atoms with Crippen molar-refractivity contribution in [2.45, 2.75) is 24.9 Å². The average Bonchev–Trinajstić information content (AvgIpc) is 2.75. The zero-order chi connectivity index (χ0) is 23.9. The van der Waals surface area contributed by atoms with Crippen molar-refractivity contribution in [2.24, 2.45) is 0 Å². The summed E-state index contributed by atoms with van der Waals surface area (Å²) in [5.41, 5.74) is 0.489. The number of halogens is 6. The largest absolute Gasteiger partial charge is 0.484 e. The Labute approximate surface area is 186 Å². The SMILES string of the molecule is FC(F)(F)COc1ccc(C(COCc2cccc(Oc3ccccc3)c2)C(F)(F)F)cc1. The molecule has 9 heteroatoms. The molecule has 0 aliphatic carbocycles. The summed E-state index contributed by atoms with van der Waals surface area (Å²) in [5.74, 6) is -0.981. The fourth-order valence-corrected chi connectivity index (χ4v) is 2.96. The first-order chi connectivity index (χ1) is 15.6. The van der Waals surface area contributed by atoms with Gasteiger partial charge in [0.25, 0.3) is 0 Å². The molecule has 0 aliphatic rings. The normalized spacial score (nSPS) is 12.9. The first-order valence-electron chi connectivity index (χ1n) is 9.86. The third-order valence-electron chi connectivity index (χ3n) is 4.51. The maximum atomic E-state index is 13.6. The monoisotopic (exact) mass is 470 g/mol. The molecule has 3 nitrogen and oxygen atoms in total. The van der Waals surface area contributed by atoms with Crippen LogP contribution in [0.2, 0.25) is 0 Å². The quantitative estimate of drug-likeness (QED) is 0.308. The molecular weight excluding hydrogens is 450 g/mol. The Kier molecular flexibility index (Phi) is 7.86. The van der Waals surface area contributed by atoms with Gasteiger partial charge < -0.3 is 14.2 Å². The van der Waals surface area contributed by atoms with Crippen molar-refractivity contribution < 1.29 is 40.6 Å². The molecule has 0 N–H and O–H groups in total. The molecule has 0 saturated heterocycles. The summed E-state index contributed by atoms with van der Waals surface area (Å²) < 4.78 is 92.9. The lowest BCUT2D eigenvalue weighted by Crippen LogP contribution is -2.25. The van der Waals surface area contributed by atoms with Gasteiger partial charge in [0.2, 0.25) is 0 Å². The van der Waals surface area contributed by atoms with E-state index in [1.165, 1.54) is 0 Å². The number of ether oxygens (including phenoxy) is 3. The third-order valence-corrected chi connectivity index (χ3v) is 4.51. The molecule has 0 fully saturated rings. The summed E-state index contributed by atoms with van der Waals surface area (Å²) >= 11 is 0. The Balaban J connectivity index is 1.60. The Hall–Kier alpha value is -3.20. The van der Waals surface area contributed by atoms with Crippen LogP contribution in [0.25, 0.3) is 0 Å². The second kappa shape index (κ2) is 10.6. The van der Waals surface area contributed by atoms with Gasteiger partial charge in [-0.2, -0.15) is 26.3 Å². The van der Waals surface area contributed by atoms with Gasteiger partial charge in [-0.25, -0.2) is 0 Å². The molecule has 33 heavy (non-hydrogen) atoms. The molecule has 0 spiro atoms. The lowest BCUT2D eigenvalue weighted by molar-refractivity contribution is -0.163. The van der Waals surface area contributed by atoms with Crippen molar-refractivity contribution in [3.8, 4) is 17.2 Å². The molecule has 0 aliphatic heterocycles. The fraction of sp³-hybridized carbons (Fsp3) is 0.250. The van der Waals surface area contributed by atoms with Gasteiger partial charge in [-0.15, -0.1) is 0 Å². The van der Waals surface area contributed by atoms with Gasteiger partial charge in [-0.3, -0.25) is 0 Å². The minimum absolute atomic E-state index is 0.0780. The molecule has 3 aromatic carbocycles. The Morgan fingerprint density at radius 2 is 1.36 bits per heavy atom. The molecule has 176 valence electrons. The minimum Gasteiger partial charge on any atom is -0.484 e. The molecule has 1 unspecified atom stereocenters. The third kappa shape index (κ3) is 8.02. The topological polar surface area (TPSA) is 27.7 Å². The van der Waals surface area contributed by atoms with Gasteiger partial charge >= 0.3 is 12.4 Å². The summed E-state index contributed by atoms with van der Waals surface area (Å²) in [5, 5.41) is 0. The average molecular weight is 470 g/mol. The minimum atomic E-state index is -4.60. The fourth-order valence-electron chi connectivity index (χ4n) is 2.96. The predicted molar refractivity (Wildman–Crippen MR) is 109 cm³/mol. The summed E-state index contributed by atoms with van der Waals surface area (Å²) in [6.45, 7) is -2.26. The van der Waals surface area contributed by atoms with Gasteiger partial charge in [0.1, 0.15) is 23.2 Å². The predicted octanol–water partition coefficient (Wildman–Crippen LogP) is 7.28. The van der Waals surface area contributed by atoms with E-state index >= 15 is 0 Å². The van der Waals surface area contributed by atoms with Crippen LogP contribution in [0.3, 0.4) is 0 Å². The first-order valence-corrected chi connectivity index (χ1v) is 9.86. The van der Waals surface area contributed by atoms with Crippen LogP contribution in [0.15, 0.2) is 78.9 Å². The van der Waals surface area contributed by atoms with Crippen LogP contribution in [0.5, 0.6) is 17.2 Å². The van der Waals surface area contributed by atoms with Gasteiger partial charge in [0, 0.05) is 0 Å². The molecule has 3 rings (SSSR count). The number of rotatable bonds is 9. The standard InChI is InChI=1S/C24H20F6O3/c25-23(26,27)16-32-19-11-9-18(10-12-19)22(24(28,29)30)15-31-14-17-5-4-8-21(13-17)33-20-6-2-1-3-7-20/h1-13,22H,14-16H2. The van der Waals surface area contributed by atoms with Crippen LogP contribution in [0, 0.1) is 0 Å². The first kappa shape index (κ1) is 24.4. The van der Waals surface area contributed by atoms with Crippen LogP contribution >= 0.6 is 0 Å². The zero-order valence-electron chi connectivity index (χ0n) is 17.2. The van der Waals surface area contributed by atoms with Crippen LogP contribution in [-0.4, -0.2) is 25.6 Å². The second-order valence-electron chi connectivity index (χ2n) is 7.14.